The Morgan fingerprint density at radius 1 is 1.33 bits per heavy atom. The molecule has 18 heavy (non-hydrogen) atoms. The van der Waals surface area contributed by atoms with Gasteiger partial charge in [-0.05, 0) is 13.8 Å². The first-order valence-electron chi connectivity index (χ1n) is 5.64. The molecule has 2 aromatic rings. The van der Waals surface area contributed by atoms with Gasteiger partial charge in [-0.25, -0.2) is 9.67 Å². The molecule has 96 valence electrons. The van der Waals surface area contributed by atoms with E-state index in [4.69, 9.17) is 9.84 Å². The maximum absolute atomic E-state index is 9.13. The largest absolute Gasteiger partial charge is 0.496 e. The summed E-state index contributed by atoms with van der Waals surface area (Å²) < 4.78 is 6.99. The predicted molar refractivity (Wildman–Crippen MR) is 65.3 cm³/mol. The number of nitrogens with zero attached hydrogens (tertiary/aromatic N) is 4. The minimum atomic E-state index is -0.137. The summed E-state index contributed by atoms with van der Waals surface area (Å²) in [5, 5.41) is 13.2. The zero-order chi connectivity index (χ0) is 13.1. The fraction of sp³-hybridized carbons (Fsp3) is 0.417. The molecule has 2 rings (SSSR count). The van der Waals surface area contributed by atoms with Crippen LogP contribution < -0.4 is 4.74 Å². The Labute approximate surface area is 105 Å². The molecule has 0 aliphatic carbocycles. The Morgan fingerprint density at radius 2 is 2.11 bits per heavy atom. The number of aryl methyl sites for hydroxylation is 1. The first-order valence-corrected chi connectivity index (χ1v) is 5.64. The fourth-order valence-corrected chi connectivity index (χ4v) is 1.91. The third-order valence-corrected chi connectivity index (χ3v) is 2.89. The van der Waals surface area contributed by atoms with Crippen LogP contribution in [0, 0.1) is 13.8 Å². The van der Waals surface area contributed by atoms with Crippen molar-refractivity contribution in [3.63, 3.8) is 0 Å². The molecule has 0 saturated heterocycles. The Bertz CT molecular complexity index is 551. The molecule has 0 amide bonds. The highest BCUT2D eigenvalue weighted by molar-refractivity contribution is 5.41. The molecule has 0 fully saturated rings. The first kappa shape index (κ1) is 12.5. The highest BCUT2D eigenvalue weighted by Crippen LogP contribution is 2.24. The summed E-state index contributed by atoms with van der Waals surface area (Å²) in [4.78, 5) is 8.35. The highest BCUT2D eigenvalue weighted by atomic mass is 16.5. The van der Waals surface area contributed by atoms with E-state index >= 15 is 0 Å². The molecule has 0 aromatic carbocycles. The van der Waals surface area contributed by atoms with Crippen molar-refractivity contribution in [1.29, 1.82) is 0 Å². The molecule has 0 unspecified atom stereocenters. The van der Waals surface area contributed by atoms with Crippen LogP contribution in [0.4, 0.5) is 0 Å². The first-order chi connectivity index (χ1) is 8.67. The lowest BCUT2D eigenvalue weighted by Gasteiger charge is -2.12. The van der Waals surface area contributed by atoms with Gasteiger partial charge in [-0.1, -0.05) is 0 Å². The van der Waals surface area contributed by atoms with Crippen molar-refractivity contribution in [2.24, 2.45) is 0 Å². The topological polar surface area (TPSA) is 73.1 Å². The molecule has 0 aliphatic rings. The van der Waals surface area contributed by atoms with Crippen molar-refractivity contribution >= 4 is 0 Å². The molecule has 2 aromatic heterocycles. The second-order valence-corrected chi connectivity index (χ2v) is 4.04. The average molecular weight is 248 g/mol. The SMILES string of the molecule is COc1c(C)cnc(Cn2ncnc2CO)c1C. The molecular weight excluding hydrogens is 232 g/mol. The van der Waals surface area contributed by atoms with Crippen LogP contribution in [-0.4, -0.2) is 32.0 Å². The molecule has 0 bridgehead atoms. The molecule has 1 N–H and O–H groups in total. The summed E-state index contributed by atoms with van der Waals surface area (Å²) in [7, 11) is 1.65. The standard InChI is InChI=1S/C12H16N4O2/c1-8-4-13-10(9(2)12(8)18-3)5-16-11(6-17)14-7-15-16/h4,7,17H,5-6H2,1-3H3. The number of hydrogen-bond donors (Lipinski definition) is 1. The van der Waals surface area contributed by atoms with E-state index in [9.17, 15) is 0 Å². The third kappa shape index (κ3) is 2.19. The zero-order valence-corrected chi connectivity index (χ0v) is 10.7. The van der Waals surface area contributed by atoms with E-state index in [2.05, 4.69) is 15.1 Å². The number of aliphatic hydroxyl groups is 1. The Morgan fingerprint density at radius 3 is 2.78 bits per heavy atom. The Balaban J connectivity index is 2.35. The van der Waals surface area contributed by atoms with E-state index in [-0.39, 0.29) is 6.61 Å². The third-order valence-electron chi connectivity index (χ3n) is 2.89. The van der Waals surface area contributed by atoms with Crippen LogP contribution in [0.15, 0.2) is 12.5 Å². The molecule has 0 radical (unpaired) electrons. The average Bonchev–Trinajstić information content (AvgIpc) is 2.81. The Hall–Kier alpha value is -1.95. The summed E-state index contributed by atoms with van der Waals surface area (Å²) in [6.07, 6.45) is 3.20. The lowest BCUT2D eigenvalue weighted by atomic mass is 10.1. The number of aromatic nitrogens is 4. The van der Waals surface area contributed by atoms with Crippen molar-refractivity contribution in [3.05, 3.63) is 35.2 Å². The van der Waals surface area contributed by atoms with E-state index in [1.54, 1.807) is 18.0 Å². The van der Waals surface area contributed by atoms with Crippen molar-refractivity contribution in [1.82, 2.24) is 19.7 Å². The minimum Gasteiger partial charge on any atom is -0.496 e. The molecule has 2 heterocycles. The fourth-order valence-electron chi connectivity index (χ4n) is 1.91. The van der Waals surface area contributed by atoms with Gasteiger partial charge in [0.15, 0.2) is 5.82 Å². The smallest absolute Gasteiger partial charge is 0.152 e. The van der Waals surface area contributed by atoms with Gasteiger partial charge < -0.3 is 9.84 Å². The van der Waals surface area contributed by atoms with Gasteiger partial charge in [0.2, 0.25) is 0 Å². The van der Waals surface area contributed by atoms with E-state index < -0.39 is 0 Å². The summed E-state index contributed by atoms with van der Waals surface area (Å²) >= 11 is 0. The number of pyridine rings is 1. The van der Waals surface area contributed by atoms with Crippen molar-refractivity contribution in [2.45, 2.75) is 27.0 Å². The monoisotopic (exact) mass is 248 g/mol. The maximum Gasteiger partial charge on any atom is 0.152 e. The van der Waals surface area contributed by atoms with Gasteiger partial charge in [0, 0.05) is 17.3 Å². The number of hydrogen-bond acceptors (Lipinski definition) is 5. The van der Waals surface area contributed by atoms with Crippen molar-refractivity contribution in [3.8, 4) is 5.75 Å². The zero-order valence-electron chi connectivity index (χ0n) is 10.7. The van der Waals surface area contributed by atoms with Gasteiger partial charge in [-0.3, -0.25) is 4.98 Å². The number of rotatable bonds is 4. The van der Waals surface area contributed by atoms with Gasteiger partial charge in [-0.2, -0.15) is 5.10 Å². The van der Waals surface area contributed by atoms with Crippen molar-refractivity contribution in [2.75, 3.05) is 7.11 Å². The van der Waals surface area contributed by atoms with E-state index in [0.29, 0.717) is 12.4 Å². The molecule has 6 nitrogen and oxygen atoms in total. The van der Waals surface area contributed by atoms with Gasteiger partial charge in [-0.15, -0.1) is 0 Å². The van der Waals surface area contributed by atoms with Gasteiger partial charge in [0.05, 0.1) is 19.3 Å². The van der Waals surface area contributed by atoms with Crippen LogP contribution in [0.5, 0.6) is 5.75 Å². The van der Waals surface area contributed by atoms with Crippen LogP contribution in [0.25, 0.3) is 0 Å². The molecular formula is C12H16N4O2. The Kier molecular flexibility index (Phi) is 3.57. The second-order valence-electron chi connectivity index (χ2n) is 4.04. The van der Waals surface area contributed by atoms with Crippen LogP contribution in [-0.2, 0) is 13.2 Å². The molecule has 0 atom stereocenters. The van der Waals surface area contributed by atoms with Crippen LogP contribution in [0.3, 0.4) is 0 Å². The van der Waals surface area contributed by atoms with Gasteiger partial charge >= 0.3 is 0 Å². The van der Waals surface area contributed by atoms with Crippen molar-refractivity contribution < 1.29 is 9.84 Å². The van der Waals surface area contributed by atoms with E-state index in [1.807, 2.05) is 13.8 Å². The molecule has 0 saturated carbocycles. The van der Waals surface area contributed by atoms with Gasteiger partial charge in [0.25, 0.3) is 0 Å². The number of ether oxygens (including phenoxy) is 1. The summed E-state index contributed by atoms with van der Waals surface area (Å²) in [5.74, 6) is 1.36. The number of methoxy groups -OCH3 is 1. The lowest BCUT2D eigenvalue weighted by molar-refractivity contribution is 0.263. The number of aliphatic hydroxyl groups excluding tert-OH is 1. The molecule has 0 spiro atoms. The van der Waals surface area contributed by atoms with E-state index in [0.717, 1.165) is 22.6 Å². The summed E-state index contributed by atoms with van der Waals surface area (Å²) in [6.45, 7) is 4.25. The summed E-state index contributed by atoms with van der Waals surface area (Å²) in [5.41, 5.74) is 2.84. The minimum absolute atomic E-state index is 0.137. The second kappa shape index (κ2) is 5.14. The van der Waals surface area contributed by atoms with Gasteiger partial charge in [0.1, 0.15) is 18.7 Å². The lowest BCUT2D eigenvalue weighted by Crippen LogP contribution is -2.10. The normalized spacial score (nSPS) is 10.7. The van der Waals surface area contributed by atoms with E-state index in [1.165, 1.54) is 6.33 Å². The van der Waals surface area contributed by atoms with Crippen LogP contribution >= 0.6 is 0 Å². The highest BCUT2D eigenvalue weighted by Gasteiger charge is 2.11. The molecule has 6 heteroatoms. The van der Waals surface area contributed by atoms with Crippen LogP contribution in [0.1, 0.15) is 22.6 Å². The van der Waals surface area contributed by atoms with Crippen LogP contribution in [0.2, 0.25) is 0 Å². The molecule has 0 aliphatic heterocycles. The predicted octanol–water partition coefficient (Wildman–Crippen LogP) is 0.839. The quantitative estimate of drug-likeness (QED) is 0.868. The maximum atomic E-state index is 9.13. The summed E-state index contributed by atoms with van der Waals surface area (Å²) in [6, 6.07) is 0.